The monoisotopic (exact) mass is 345 g/mol. The summed E-state index contributed by atoms with van der Waals surface area (Å²) in [7, 11) is 0. The number of carbonyl (C=O) groups is 1. The van der Waals surface area contributed by atoms with Gasteiger partial charge in [0.1, 0.15) is 0 Å². The quantitative estimate of drug-likeness (QED) is 0.759. The molecule has 0 N–H and O–H groups in total. The Morgan fingerprint density at radius 3 is 2.16 bits per heavy atom. The summed E-state index contributed by atoms with van der Waals surface area (Å²) in [6.07, 6.45) is 0. The number of piperazine rings is 1. The normalized spacial score (nSPS) is 15.9. The van der Waals surface area contributed by atoms with Gasteiger partial charge in [0.2, 0.25) is 5.91 Å². The maximum absolute atomic E-state index is 12.7. The van der Waals surface area contributed by atoms with Gasteiger partial charge in [-0.05, 0) is 36.5 Å². The van der Waals surface area contributed by atoms with Gasteiger partial charge in [-0.2, -0.15) is 0 Å². The minimum absolute atomic E-state index is 0.284. The molecule has 0 aliphatic carbocycles. The number of anilines is 1. The lowest BCUT2D eigenvalue weighted by Gasteiger charge is -2.37. The Labute approximate surface area is 153 Å². The van der Waals surface area contributed by atoms with Crippen molar-refractivity contribution in [2.24, 2.45) is 11.8 Å². The summed E-state index contributed by atoms with van der Waals surface area (Å²) in [6.45, 7) is 17.0. The predicted molar refractivity (Wildman–Crippen MR) is 106 cm³/mol. The fourth-order valence-corrected chi connectivity index (χ4v) is 3.44. The maximum Gasteiger partial charge on any atom is 0.236 e. The van der Waals surface area contributed by atoms with Crippen molar-refractivity contribution >= 4 is 11.6 Å². The van der Waals surface area contributed by atoms with E-state index in [0.717, 1.165) is 39.3 Å². The molecule has 0 spiro atoms. The first-order valence-corrected chi connectivity index (χ1v) is 9.67. The van der Waals surface area contributed by atoms with Gasteiger partial charge in [-0.1, -0.05) is 39.8 Å². The molecule has 0 bridgehead atoms. The van der Waals surface area contributed by atoms with Gasteiger partial charge >= 0.3 is 0 Å². The fraction of sp³-hybridized carbons (Fsp3) is 0.667. The van der Waals surface area contributed by atoms with Crippen molar-refractivity contribution in [1.82, 2.24) is 9.80 Å². The van der Waals surface area contributed by atoms with Crippen molar-refractivity contribution in [2.45, 2.75) is 34.6 Å². The van der Waals surface area contributed by atoms with Crippen LogP contribution in [-0.2, 0) is 4.79 Å². The third-order valence-electron chi connectivity index (χ3n) is 4.62. The van der Waals surface area contributed by atoms with E-state index in [4.69, 9.17) is 0 Å². The van der Waals surface area contributed by atoms with Crippen LogP contribution in [0.2, 0.25) is 0 Å². The average molecular weight is 346 g/mol. The van der Waals surface area contributed by atoms with Crippen LogP contribution < -0.4 is 4.90 Å². The molecule has 1 amide bonds. The molecule has 25 heavy (non-hydrogen) atoms. The van der Waals surface area contributed by atoms with Crippen LogP contribution in [0.4, 0.5) is 5.69 Å². The van der Waals surface area contributed by atoms with Gasteiger partial charge in [0.05, 0.1) is 6.54 Å². The average Bonchev–Trinajstić information content (AvgIpc) is 2.54. The largest absolute Gasteiger partial charge is 0.369 e. The smallest absolute Gasteiger partial charge is 0.236 e. The van der Waals surface area contributed by atoms with Crippen LogP contribution in [-0.4, -0.2) is 61.5 Å². The van der Waals surface area contributed by atoms with Crippen LogP contribution in [0.5, 0.6) is 0 Å². The van der Waals surface area contributed by atoms with E-state index < -0.39 is 0 Å². The molecule has 1 saturated heterocycles. The molecular formula is C21H35N3O. The minimum Gasteiger partial charge on any atom is -0.369 e. The second-order valence-electron chi connectivity index (χ2n) is 8.19. The van der Waals surface area contributed by atoms with Crippen molar-refractivity contribution in [3.05, 3.63) is 29.8 Å². The van der Waals surface area contributed by atoms with E-state index >= 15 is 0 Å². The van der Waals surface area contributed by atoms with Crippen LogP contribution in [0, 0.1) is 18.8 Å². The van der Waals surface area contributed by atoms with E-state index in [1.54, 1.807) is 0 Å². The van der Waals surface area contributed by atoms with E-state index in [9.17, 15) is 4.79 Å². The lowest BCUT2D eigenvalue weighted by molar-refractivity contribution is -0.133. The zero-order chi connectivity index (χ0) is 18.4. The third kappa shape index (κ3) is 6.35. The number of carbonyl (C=O) groups excluding carboxylic acids is 1. The van der Waals surface area contributed by atoms with Crippen molar-refractivity contribution in [1.29, 1.82) is 0 Å². The van der Waals surface area contributed by atoms with Gasteiger partial charge in [-0.15, -0.1) is 0 Å². The molecule has 0 saturated carbocycles. The van der Waals surface area contributed by atoms with E-state index in [1.807, 2.05) is 0 Å². The van der Waals surface area contributed by atoms with Crippen LogP contribution in [0.15, 0.2) is 24.3 Å². The van der Waals surface area contributed by atoms with Crippen LogP contribution in [0.3, 0.4) is 0 Å². The third-order valence-corrected chi connectivity index (χ3v) is 4.62. The number of aryl methyl sites for hydroxylation is 1. The molecule has 0 radical (unpaired) electrons. The van der Waals surface area contributed by atoms with Crippen LogP contribution in [0.1, 0.15) is 33.3 Å². The first-order chi connectivity index (χ1) is 11.8. The molecule has 1 aliphatic rings. The van der Waals surface area contributed by atoms with Gasteiger partial charge in [-0.3, -0.25) is 9.69 Å². The highest BCUT2D eigenvalue weighted by molar-refractivity contribution is 5.78. The lowest BCUT2D eigenvalue weighted by Crippen LogP contribution is -2.51. The van der Waals surface area contributed by atoms with Gasteiger partial charge in [0.15, 0.2) is 0 Å². The van der Waals surface area contributed by atoms with Gasteiger partial charge in [0.25, 0.3) is 0 Å². The van der Waals surface area contributed by atoms with Crippen molar-refractivity contribution in [3.8, 4) is 0 Å². The van der Waals surface area contributed by atoms with E-state index in [-0.39, 0.29) is 5.91 Å². The second kappa shape index (κ2) is 9.23. The Kier molecular flexibility index (Phi) is 7.30. The zero-order valence-electron chi connectivity index (χ0n) is 16.7. The summed E-state index contributed by atoms with van der Waals surface area (Å²) >= 11 is 0. The molecule has 0 unspecified atom stereocenters. The summed E-state index contributed by atoms with van der Waals surface area (Å²) < 4.78 is 0. The molecule has 4 nitrogen and oxygen atoms in total. The van der Waals surface area contributed by atoms with E-state index in [2.05, 4.69) is 73.6 Å². The van der Waals surface area contributed by atoms with E-state index in [1.165, 1.54) is 11.3 Å². The molecular weight excluding hydrogens is 310 g/mol. The summed E-state index contributed by atoms with van der Waals surface area (Å²) in [5.74, 6) is 1.31. The molecule has 2 rings (SSSR count). The molecule has 1 aliphatic heterocycles. The Balaban J connectivity index is 1.86. The second-order valence-corrected chi connectivity index (χ2v) is 8.19. The Morgan fingerprint density at radius 1 is 1.04 bits per heavy atom. The molecule has 140 valence electrons. The molecule has 0 atom stereocenters. The van der Waals surface area contributed by atoms with Crippen molar-refractivity contribution in [2.75, 3.05) is 50.7 Å². The Morgan fingerprint density at radius 2 is 1.64 bits per heavy atom. The Bertz CT molecular complexity index is 538. The molecule has 1 heterocycles. The number of hydrogen-bond acceptors (Lipinski definition) is 3. The molecule has 0 aromatic heterocycles. The topological polar surface area (TPSA) is 26.8 Å². The number of hydrogen-bond donors (Lipinski definition) is 0. The summed E-state index contributed by atoms with van der Waals surface area (Å²) in [5.41, 5.74) is 2.60. The number of nitrogens with zero attached hydrogens (tertiary/aromatic N) is 3. The number of benzene rings is 1. The van der Waals surface area contributed by atoms with Crippen LogP contribution in [0.25, 0.3) is 0 Å². The molecule has 1 aromatic rings. The molecule has 4 heteroatoms. The summed E-state index contributed by atoms with van der Waals surface area (Å²) in [6, 6.07) is 8.68. The zero-order valence-corrected chi connectivity index (χ0v) is 16.7. The standard InChI is InChI=1S/C21H35N3O/c1-17(2)14-24(15-18(3)4)21(25)16-22-9-11-23(12-10-22)20-8-6-7-19(5)13-20/h6-8,13,17-18H,9-12,14-16H2,1-5H3. The fourth-order valence-electron chi connectivity index (χ4n) is 3.44. The summed E-state index contributed by atoms with van der Waals surface area (Å²) in [4.78, 5) is 19.5. The Hall–Kier alpha value is -1.55. The minimum atomic E-state index is 0.284. The first kappa shape index (κ1) is 19.8. The van der Waals surface area contributed by atoms with Crippen LogP contribution >= 0.6 is 0 Å². The maximum atomic E-state index is 12.7. The molecule has 1 aromatic carbocycles. The van der Waals surface area contributed by atoms with Gasteiger partial charge in [0, 0.05) is 45.0 Å². The first-order valence-electron chi connectivity index (χ1n) is 9.67. The highest BCUT2D eigenvalue weighted by atomic mass is 16.2. The highest BCUT2D eigenvalue weighted by Crippen LogP contribution is 2.18. The highest BCUT2D eigenvalue weighted by Gasteiger charge is 2.22. The van der Waals surface area contributed by atoms with Gasteiger partial charge in [-0.25, -0.2) is 0 Å². The van der Waals surface area contributed by atoms with Crippen molar-refractivity contribution < 1.29 is 4.79 Å². The SMILES string of the molecule is Cc1cccc(N2CCN(CC(=O)N(CC(C)C)CC(C)C)CC2)c1. The molecule has 1 fully saturated rings. The number of rotatable bonds is 7. The van der Waals surface area contributed by atoms with E-state index in [0.29, 0.717) is 18.4 Å². The summed E-state index contributed by atoms with van der Waals surface area (Å²) in [5, 5.41) is 0. The lowest BCUT2D eigenvalue weighted by atomic mass is 10.1. The van der Waals surface area contributed by atoms with Crippen molar-refractivity contribution in [3.63, 3.8) is 0 Å². The number of amides is 1. The van der Waals surface area contributed by atoms with Gasteiger partial charge < -0.3 is 9.80 Å². The predicted octanol–water partition coefficient (Wildman–Crippen LogP) is 3.26.